The Morgan fingerprint density at radius 3 is 2.59 bits per heavy atom. The van der Waals surface area contributed by atoms with Crippen LogP contribution in [0, 0.1) is 11.2 Å². The van der Waals surface area contributed by atoms with Crippen LogP contribution in [0.15, 0.2) is 12.3 Å². The lowest BCUT2D eigenvalue weighted by Crippen LogP contribution is -2.49. The molecule has 1 aliphatic heterocycles. The van der Waals surface area contributed by atoms with Gasteiger partial charge in [0, 0.05) is 30.1 Å². The second-order valence-corrected chi connectivity index (χ2v) is 7.18. The number of nitrogens with two attached hydrogens (primary N) is 1. The number of pyridine rings is 1. The number of nitrogen functional groups attached to an aromatic ring is 1. The Hall–Kier alpha value is -3.07. The molecule has 3 N–H and O–H groups in total. The molecule has 152 valence electrons. The molecular formula is C19H19ClFN5O3. The fraction of sp³-hybridized carbons (Fsp3) is 0.316. The minimum Gasteiger partial charge on any atom is -0.495 e. The number of anilines is 3. The number of nitrogens with zero attached hydrogens (tertiary/aromatic N) is 3. The maximum atomic E-state index is 15.2. The van der Waals surface area contributed by atoms with Crippen LogP contribution in [0.2, 0.25) is 5.02 Å². The van der Waals surface area contributed by atoms with Gasteiger partial charge in [-0.25, -0.2) is 14.2 Å². The largest absolute Gasteiger partial charge is 0.495 e. The fourth-order valence-electron chi connectivity index (χ4n) is 3.53. The fourth-order valence-corrected chi connectivity index (χ4v) is 3.85. The van der Waals surface area contributed by atoms with Crippen molar-refractivity contribution in [1.29, 1.82) is 5.41 Å². The number of amides is 2. The maximum absolute atomic E-state index is 15.2. The Kier molecular flexibility index (Phi) is 4.70. The van der Waals surface area contributed by atoms with Crippen molar-refractivity contribution < 1.29 is 18.7 Å². The molecule has 1 aromatic heterocycles. The summed E-state index contributed by atoms with van der Waals surface area (Å²) < 4.78 is 25.5. The summed E-state index contributed by atoms with van der Waals surface area (Å²) in [5.41, 5.74) is 7.35. The predicted molar refractivity (Wildman–Crippen MR) is 108 cm³/mol. The third-order valence-corrected chi connectivity index (χ3v) is 5.44. The van der Waals surface area contributed by atoms with Gasteiger partial charge >= 0.3 is 6.03 Å². The Labute approximate surface area is 171 Å². The smallest absolute Gasteiger partial charge is 0.329 e. The van der Waals surface area contributed by atoms with E-state index >= 15 is 4.39 Å². The molecule has 1 saturated carbocycles. The lowest BCUT2D eigenvalue weighted by atomic mass is 10.0. The molecule has 2 aromatic rings. The molecule has 0 unspecified atom stereocenters. The van der Waals surface area contributed by atoms with E-state index in [1.165, 1.54) is 31.4 Å². The highest BCUT2D eigenvalue weighted by molar-refractivity contribution is 6.35. The highest BCUT2D eigenvalue weighted by atomic mass is 35.5. The van der Waals surface area contributed by atoms with E-state index in [1.807, 2.05) is 0 Å². The zero-order chi connectivity index (χ0) is 20.9. The number of nitrogens with one attached hydrogen (secondary N) is 1. The van der Waals surface area contributed by atoms with Gasteiger partial charge in [-0.2, -0.15) is 0 Å². The van der Waals surface area contributed by atoms with Crippen molar-refractivity contribution in [2.24, 2.45) is 0 Å². The summed E-state index contributed by atoms with van der Waals surface area (Å²) in [4.78, 5) is 20.4. The zero-order valence-electron chi connectivity index (χ0n) is 15.8. The van der Waals surface area contributed by atoms with E-state index in [0.29, 0.717) is 16.8 Å². The third-order valence-electron chi connectivity index (χ3n) is 5.08. The number of hydrogen-bond donors (Lipinski definition) is 2. The molecule has 10 heteroatoms. The molecule has 2 amide bonds. The van der Waals surface area contributed by atoms with Crippen LogP contribution < -0.4 is 25.0 Å². The van der Waals surface area contributed by atoms with Crippen LogP contribution >= 0.6 is 11.6 Å². The van der Waals surface area contributed by atoms with Crippen LogP contribution in [0.4, 0.5) is 26.4 Å². The van der Waals surface area contributed by atoms with Gasteiger partial charge in [-0.3, -0.25) is 9.80 Å². The number of rotatable bonds is 5. The minimum atomic E-state index is -0.762. The van der Waals surface area contributed by atoms with Gasteiger partial charge in [0.1, 0.15) is 22.3 Å². The lowest BCUT2D eigenvalue weighted by molar-refractivity contribution is 0.249. The molecule has 1 aromatic carbocycles. The number of hydrogen-bond acceptors (Lipinski definition) is 6. The Morgan fingerprint density at radius 2 is 2.00 bits per heavy atom. The first kappa shape index (κ1) is 19.3. The quantitative estimate of drug-likeness (QED) is 0.721. The minimum absolute atomic E-state index is 0.0124. The molecule has 0 atom stereocenters. The monoisotopic (exact) mass is 419 g/mol. The second-order valence-electron chi connectivity index (χ2n) is 6.80. The van der Waals surface area contributed by atoms with Gasteiger partial charge in [-0.1, -0.05) is 11.6 Å². The van der Waals surface area contributed by atoms with Crippen molar-refractivity contribution in [3.8, 4) is 11.5 Å². The topological polar surface area (TPSA) is 105 Å². The molecule has 1 aliphatic carbocycles. The number of urea groups is 1. The number of carbonyl (C=O) groups is 1. The van der Waals surface area contributed by atoms with Crippen molar-refractivity contribution in [2.75, 3.05) is 29.8 Å². The highest BCUT2D eigenvalue weighted by Crippen LogP contribution is 2.47. The maximum Gasteiger partial charge on any atom is 0.329 e. The molecule has 1 fully saturated rings. The van der Waals surface area contributed by atoms with Gasteiger partial charge in [0.2, 0.25) is 0 Å². The summed E-state index contributed by atoms with van der Waals surface area (Å²) in [6.45, 7) is 0.0124. The average Bonchev–Trinajstić information content (AvgIpc) is 3.54. The summed E-state index contributed by atoms with van der Waals surface area (Å²) >= 11 is 6.39. The van der Waals surface area contributed by atoms with Gasteiger partial charge in [0.25, 0.3) is 0 Å². The summed E-state index contributed by atoms with van der Waals surface area (Å²) in [5, 5.41) is 7.69. The number of fused-ring (bicyclic) bond motifs is 1. The number of benzene rings is 1. The molecular weight excluding hydrogens is 401 g/mol. The van der Waals surface area contributed by atoms with Crippen LogP contribution in [0.25, 0.3) is 0 Å². The van der Waals surface area contributed by atoms with E-state index in [4.69, 9.17) is 32.2 Å². The summed E-state index contributed by atoms with van der Waals surface area (Å²) in [6.07, 6.45) is 4.23. The number of carbonyl (C=O) groups excluding carboxylic acids is 1. The first-order valence-electron chi connectivity index (χ1n) is 8.91. The zero-order valence-corrected chi connectivity index (χ0v) is 16.6. The molecule has 0 saturated heterocycles. The first-order chi connectivity index (χ1) is 13.9. The summed E-state index contributed by atoms with van der Waals surface area (Å²) in [5.74, 6) is -0.500. The average molecular weight is 420 g/mol. The van der Waals surface area contributed by atoms with E-state index in [0.717, 1.165) is 19.1 Å². The van der Waals surface area contributed by atoms with Crippen LogP contribution in [-0.2, 0) is 6.54 Å². The molecule has 4 rings (SSSR count). The normalized spacial score (nSPS) is 15.9. The SMILES string of the molecule is COc1cc(OC)c(Cl)c(N2Cc3cnc(N)c(C=N)c3N(C3CC3)C2=O)c1F. The molecule has 8 nitrogen and oxygen atoms in total. The van der Waals surface area contributed by atoms with Gasteiger partial charge in [0.15, 0.2) is 11.6 Å². The van der Waals surface area contributed by atoms with Crippen molar-refractivity contribution in [1.82, 2.24) is 4.98 Å². The van der Waals surface area contributed by atoms with Crippen molar-refractivity contribution >= 4 is 41.0 Å². The predicted octanol–water partition coefficient (Wildman–Crippen LogP) is 3.58. The van der Waals surface area contributed by atoms with Crippen LogP contribution in [0.1, 0.15) is 24.0 Å². The lowest BCUT2D eigenvalue weighted by Gasteiger charge is -2.38. The van der Waals surface area contributed by atoms with Gasteiger partial charge in [0.05, 0.1) is 32.0 Å². The van der Waals surface area contributed by atoms with Crippen molar-refractivity contribution in [2.45, 2.75) is 25.4 Å². The van der Waals surface area contributed by atoms with E-state index in [9.17, 15) is 4.79 Å². The molecule has 2 aliphatic rings. The number of ether oxygens (including phenoxy) is 2. The number of halogens is 2. The third kappa shape index (κ3) is 2.93. The van der Waals surface area contributed by atoms with Crippen molar-refractivity contribution in [3.05, 3.63) is 34.2 Å². The highest BCUT2D eigenvalue weighted by Gasteiger charge is 2.43. The van der Waals surface area contributed by atoms with Gasteiger partial charge in [-0.05, 0) is 12.8 Å². The van der Waals surface area contributed by atoms with Crippen LogP contribution in [0.3, 0.4) is 0 Å². The van der Waals surface area contributed by atoms with Crippen molar-refractivity contribution in [3.63, 3.8) is 0 Å². The van der Waals surface area contributed by atoms with E-state index in [1.54, 1.807) is 4.90 Å². The molecule has 0 radical (unpaired) electrons. The van der Waals surface area contributed by atoms with E-state index in [2.05, 4.69) is 4.98 Å². The molecule has 29 heavy (non-hydrogen) atoms. The Balaban J connectivity index is 1.92. The number of aromatic nitrogens is 1. The molecule has 2 heterocycles. The molecule has 0 spiro atoms. The number of methoxy groups -OCH3 is 2. The van der Waals surface area contributed by atoms with E-state index < -0.39 is 11.8 Å². The van der Waals surface area contributed by atoms with Gasteiger partial charge < -0.3 is 20.6 Å². The van der Waals surface area contributed by atoms with Gasteiger partial charge in [-0.15, -0.1) is 0 Å². The standard InChI is InChI=1S/C19H19ClFN5O3/c1-28-12-5-13(29-2)15(21)17(14(12)20)25-8-9-7-24-18(23)11(6-22)16(9)26(19(25)27)10-3-4-10/h5-7,10,22H,3-4,8H2,1-2H3,(H2,23,24). The summed E-state index contributed by atoms with van der Waals surface area (Å²) in [6, 6.07) is 0.820. The van der Waals surface area contributed by atoms with Crippen LogP contribution in [-0.4, -0.2) is 37.5 Å². The Bertz CT molecular complexity index is 999. The first-order valence-corrected chi connectivity index (χ1v) is 9.29. The van der Waals surface area contributed by atoms with E-state index in [-0.39, 0.29) is 40.6 Å². The summed E-state index contributed by atoms with van der Waals surface area (Å²) in [7, 11) is 2.72. The molecule has 0 bridgehead atoms. The van der Waals surface area contributed by atoms with Crippen LogP contribution in [0.5, 0.6) is 11.5 Å². The second kappa shape index (κ2) is 7.07. The Morgan fingerprint density at radius 1 is 1.31 bits per heavy atom.